The van der Waals surface area contributed by atoms with Gasteiger partial charge in [0.1, 0.15) is 0 Å². The number of phenols is 1. The summed E-state index contributed by atoms with van der Waals surface area (Å²) in [4.78, 5) is 10.1. The summed E-state index contributed by atoms with van der Waals surface area (Å²) < 4.78 is 4.86. The maximum atomic E-state index is 10.7. The molecule has 0 aliphatic heterocycles. The zero-order chi connectivity index (χ0) is 13.0. The Bertz CT molecular complexity index is 422. The van der Waals surface area contributed by atoms with E-state index in [2.05, 4.69) is 0 Å². The summed E-state index contributed by atoms with van der Waals surface area (Å²) >= 11 is 0. The smallest absolute Gasteiger partial charge is 0.314 e. The molecule has 0 aromatic heterocycles. The highest BCUT2D eigenvalue weighted by Crippen LogP contribution is 2.38. The zero-order valence-electron chi connectivity index (χ0n) is 9.42. The predicted molar refractivity (Wildman–Crippen MR) is 61.9 cm³/mol. The predicted octanol–water partition coefficient (Wildman–Crippen LogP) is 0.658. The van der Waals surface area contributed by atoms with Crippen LogP contribution in [0.1, 0.15) is 18.0 Å². The number of methoxy groups -OCH3 is 1. The van der Waals surface area contributed by atoms with Crippen molar-refractivity contribution in [1.82, 2.24) is 0 Å². The topological polar surface area (TPSA) is 125 Å². The molecular formula is C10H15N3O4. The van der Waals surface area contributed by atoms with Crippen LogP contribution in [0.3, 0.4) is 0 Å². The first-order valence-electron chi connectivity index (χ1n) is 5.02. The Morgan fingerprint density at radius 3 is 2.71 bits per heavy atom. The fourth-order valence-corrected chi connectivity index (χ4v) is 1.47. The first-order valence-corrected chi connectivity index (χ1v) is 5.02. The lowest BCUT2D eigenvalue weighted by Gasteiger charge is -2.13. The molecule has 7 nitrogen and oxygen atoms in total. The van der Waals surface area contributed by atoms with Gasteiger partial charge in [-0.25, -0.2) is 0 Å². The molecule has 0 fully saturated rings. The van der Waals surface area contributed by atoms with Crippen molar-refractivity contribution in [3.8, 4) is 11.5 Å². The number of hydrogen-bond donors (Lipinski definition) is 3. The normalized spacial score (nSPS) is 12.2. The van der Waals surface area contributed by atoms with E-state index in [1.54, 1.807) is 0 Å². The first kappa shape index (κ1) is 13.2. The van der Waals surface area contributed by atoms with Gasteiger partial charge in [0.05, 0.1) is 12.0 Å². The molecule has 94 valence electrons. The average Bonchev–Trinajstić information content (AvgIpc) is 2.29. The molecule has 0 heterocycles. The van der Waals surface area contributed by atoms with Crippen molar-refractivity contribution in [2.75, 3.05) is 13.7 Å². The molecule has 0 aliphatic carbocycles. The number of phenolic OH excluding ortho intramolecular Hbond substituents is 1. The van der Waals surface area contributed by atoms with Crippen LogP contribution >= 0.6 is 0 Å². The Morgan fingerprint density at radius 2 is 2.24 bits per heavy atom. The number of nitro groups is 1. The molecule has 1 aromatic carbocycles. The second-order valence-electron chi connectivity index (χ2n) is 3.53. The molecule has 5 N–H and O–H groups in total. The minimum atomic E-state index is -0.684. The van der Waals surface area contributed by atoms with E-state index in [1.807, 2.05) is 0 Å². The molecular weight excluding hydrogens is 226 g/mol. The van der Waals surface area contributed by atoms with Gasteiger partial charge in [0, 0.05) is 12.1 Å². The molecule has 1 atom stereocenters. The molecule has 0 saturated carbocycles. The number of ether oxygens (including phenoxy) is 1. The van der Waals surface area contributed by atoms with Crippen LogP contribution in [0.5, 0.6) is 11.5 Å². The summed E-state index contributed by atoms with van der Waals surface area (Å²) in [6, 6.07) is 2.29. The lowest BCUT2D eigenvalue weighted by Crippen LogP contribution is -2.15. The molecule has 1 aromatic rings. The van der Waals surface area contributed by atoms with Gasteiger partial charge < -0.3 is 21.3 Å². The summed E-state index contributed by atoms with van der Waals surface area (Å²) in [5.41, 5.74) is 11.3. The fraction of sp³-hybridized carbons (Fsp3) is 0.400. The van der Waals surface area contributed by atoms with Gasteiger partial charge in [-0.2, -0.15) is 0 Å². The number of benzene rings is 1. The van der Waals surface area contributed by atoms with Gasteiger partial charge in [0.15, 0.2) is 5.75 Å². The third-order valence-electron chi connectivity index (χ3n) is 2.40. The summed E-state index contributed by atoms with van der Waals surface area (Å²) in [6.45, 7) is 0.373. The van der Waals surface area contributed by atoms with Gasteiger partial charge in [-0.05, 0) is 24.6 Å². The Hall–Kier alpha value is -1.86. The van der Waals surface area contributed by atoms with Crippen LogP contribution in [0.15, 0.2) is 12.1 Å². The first-order chi connectivity index (χ1) is 8.01. The van der Waals surface area contributed by atoms with Crippen LogP contribution in [-0.4, -0.2) is 23.7 Å². The van der Waals surface area contributed by atoms with Crippen molar-refractivity contribution in [1.29, 1.82) is 0 Å². The quantitative estimate of drug-likeness (QED) is 0.513. The molecule has 7 heteroatoms. The summed E-state index contributed by atoms with van der Waals surface area (Å²) in [5, 5.41) is 20.3. The van der Waals surface area contributed by atoms with E-state index in [9.17, 15) is 15.2 Å². The van der Waals surface area contributed by atoms with Gasteiger partial charge in [0.2, 0.25) is 5.75 Å². The molecule has 0 aliphatic rings. The molecule has 0 amide bonds. The summed E-state index contributed by atoms with van der Waals surface area (Å²) in [5.74, 6) is -0.470. The van der Waals surface area contributed by atoms with Crippen molar-refractivity contribution in [2.24, 2.45) is 11.5 Å². The van der Waals surface area contributed by atoms with E-state index < -0.39 is 22.4 Å². The van der Waals surface area contributed by atoms with Crippen molar-refractivity contribution < 1.29 is 14.8 Å². The number of rotatable bonds is 5. The van der Waals surface area contributed by atoms with Gasteiger partial charge in [-0.3, -0.25) is 10.1 Å². The zero-order valence-corrected chi connectivity index (χ0v) is 9.42. The highest BCUT2D eigenvalue weighted by Gasteiger charge is 2.21. The van der Waals surface area contributed by atoms with Crippen LogP contribution in [0.25, 0.3) is 0 Å². The molecule has 0 unspecified atom stereocenters. The summed E-state index contributed by atoms with van der Waals surface area (Å²) in [7, 11) is 1.32. The Morgan fingerprint density at radius 1 is 1.59 bits per heavy atom. The number of nitrogens with two attached hydrogens (primary N) is 2. The Labute approximate surface area is 98.1 Å². The summed E-state index contributed by atoms with van der Waals surface area (Å²) in [6.07, 6.45) is 0.491. The second-order valence-corrected chi connectivity index (χ2v) is 3.53. The van der Waals surface area contributed by atoms with E-state index in [0.717, 1.165) is 0 Å². The molecule has 17 heavy (non-hydrogen) atoms. The van der Waals surface area contributed by atoms with Crippen molar-refractivity contribution >= 4 is 5.69 Å². The minimum absolute atomic E-state index is 0.0293. The van der Waals surface area contributed by atoms with E-state index in [4.69, 9.17) is 16.2 Å². The van der Waals surface area contributed by atoms with Crippen molar-refractivity contribution in [2.45, 2.75) is 12.5 Å². The van der Waals surface area contributed by atoms with Crippen molar-refractivity contribution in [3.05, 3.63) is 27.8 Å². The highest BCUT2D eigenvalue weighted by atomic mass is 16.6. The van der Waals surface area contributed by atoms with Gasteiger partial charge in [-0.15, -0.1) is 0 Å². The minimum Gasteiger partial charge on any atom is -0.500 e. The van der Waals surface area contributed by atoms with E-state index >= 15 is 0 Å². The largest absolute Gasteiger partial charge is 0.500 e. The Balaban J connectivity index is 3.24. The second kappa shape index (κ2) is 5.46. The average molecular weight is 241 g/mol. The standard InChI is InChI=1S/C10H15N3O4/c1-17-9-5-6(7(12)2-3-11)4-8(10(9)14)13(15)16/h4-5,7,14H,2-3,11-12H2,1H3/t7-/m0/s1. The molecule has 0 radical (unpaired) electrons. The van der Waals surface area contributed by atoms with Crippen LogP contribution in [0, 0.1) is 10.1 Å². The third-order valence-corrected chi connectivity index (χ3v) is 2.40. The van der Waals surface area contributed by atoms with Crippen LogP contribution in [0.4, 0.5) is 5.69 Å². The lowest BCUT2D eigenvalue weighted by atomic mass is 10.0. The van der Waals surface area contributed by atoms with Crippen molar-refractivity contribution in [3.63, 3.8) is 0 Å². The molecule has 0 spiro atoms. The van der Waals surface area contributed by atoms with E-state index in [-0.39, 0.29) is 5.75 Å². The SMILES string of the molecule is COc1cc([C@@H](N)CCN)cc([N+](=O)[O-])c1O. The van der Waals surface area contributed by atoms with Crippen LogP contribution in [-0.2, 0) is 0 Å². The maximum absolute atomic E-state index is 10.7. The number of nitro benzene ring substituents is 1. The molecule has 0 saturated heterocycles. The number of aromatic hydroxyl groups is 1. The van der Waals surface area contributed by atoms with E-state index in [1.165, 1.54) is 19.2 Å². The lowest BCUT2D eigenvalue weighted by molar-refractivity contribution is -0.386. The van der Waals surface area contributed by atoms with Crippen LogP contribution < -0.4 is 16.2 Å². The molecule has 1 rings (SSSR count). The third kappa shape index (κ3) is 2.83. The molecule has 0 bridgehead atoms. The van der Waals surface area contributed by atoms with Gasteiger partial charge in [-0.1, -0.05) is 0 Å². The van der Waals surface area contributed by atoms with Gasteiger partial charge in [0.25, 0.3) is 0 Å². The monoisotopic (exact) mass is 241 g/mol. The maximum Gasteiger partial charge on any atom is 0.314 e. The highest BCUT2D eigenvalue weighted by molar-refractivity contribution is 5.57. The number of nitrogens with zero attached hydrogens (tertiary/aromatic N) is 1. The van der Waals surface area contributed by atoms with Gasteiger partial charge >= 0.3 is 5.69 Å². The Kier molecular flexibility index (Phi) is 4.24. The fourth-order valence-electron chi connectivity index (χ4n) is 1.47. The van der Waals surface area contributed by atoms with Crippen LogP contribution in [0.2, 0.25) is 0 Å². The van der Waals surface area contributed by atoms with E-state index in [0.29, 0.717) is 18.5 Å². The number of hydrogen-bond acceptors (Lipinski definition) is 6.